The molecule has 0 amide bonds. The molecular weight excluding hydrogens is 360 g/mol. The van der Waals surface area contributed by atoms with E-state index in [0.717, 1.165) is 23.5 Å². The van der Waals surface area contributed by atoms with Crippen molar-refractivity contribution < 1.29 is 8.42 Å². The van der Waals surface area contributed by atoms with Crippen LogP contribution in [0.15, 0.2) is 27.6 Å². The first-order chi connectivity index (χ1) is 9.46. The Hall–Kier alpha value is -0.0800. The van der Waals surface area contributed by atoms with Gasteiger partial charge in [-0.3, -0.25) is 0 Å². The lowest BCUT2D eigenvalue weighted by Crippen LogP contribution is -2.37. The number of benzene rings is 1. The molecule has 112 valence electrons. The lowest BCUT2D eigenvalue weighted by atomic mass is 10.2. The number of thioether (sulfide) groups is 1. The fraction of sp³-hybridized carbons (Fsp3) is 0.538. The molecule has 7 heteroatoms. The van der Waals surface area contributed by atoms with Gasteiger partial charge in [0.2, 0.25) is 10.0 Å². The molecule has 1 aromatic rings. The Morgan fingerprint density at radius 1 is 1.50 bits per heavy atom. The second kappa shape index (κ2) is 6.79. The van der Waals surface area contributed by atoms with Crippen molar-refractivity contribution in [2.45, 2.75) is 23.9 Å². The maximum atomic E-state index is 12.8. The van der Waals surface area contributed by atoms with Crippen LogP contribution in [0.25, 0.3) is 0 Å². The van der Waals surface area contributed by atoms with Gasteiger partial charge in [0.1, 0.15) is 0 Å². The Kier molecular flexibility index (Phi) is 5.53. The second-order valence-electron chi connectivity index (χ2n) is 4.83. The average Bonchev–Trinajstić information content (AvgIpc) is 2.94. The van der Waals surface area contributed by atoms with Crippen molar-refractivity contribution in [3.05, 3.63) is 28.2 Å². The van der Waals surface area contributed by atoms with Crippen molar-refractivity contribution in [2.24, 2.45) is 0 Å². The Balaban J connectivity index is 2.34. The minimum Gasteiger partial charge on any atom is -0.316 e. The molecule has 0 aliphatic carbocycles. The zero-order valence-corrected chi connectivity index (χ0v) is 14.8. The van der Waals surface area contributed by atoms with E-state index in [0.29, 0.717) is 15.9 Å². The van der Waals surface area contributed by atoms with E-state index in [2.05, 4.69) is 21.2 Å². The Bertz CT molecular complexity index is 572. The molecule has 0 aromatic heterocycles. The minimum absolute atomic E-state index is 0.102. The number of sulfonamides is 1. The van der Waals surface area contributed by atoms with Gasteiger partial charge in [-0.05, 0) is 52.8 Å². The van der Waals surface area contributed by atoms with Crippen LogP contribution in [0.3, 0.4) is 0 Å². The number of rotatable bonds is 5. The van der Waals surface area contributed by atoms with Crippen LogP contribution in [0.4, 0.5) is 0 Å². The van der Waals surface area contributed by atoms with Crippen LogP contribution in [0.2, 0.25) is 0 Å². The molecule has 1 aliphatic rings. The first kappa shape index (κ1) is 16.3. The van der Waals surface area contributed by atoms with Gasteiger partial charge in [0.05, 0.1) is 4.90 Å². The molecule has 0 radical (unpaired) electrons. The molecule has 1 N–H and O–H groups in total. The summed E-state index contributed by atoms with van der Waals surface area (Å²) in [7, 11) is 0.0804. The standard InChI is InChI=1S/C13H19BrN2O2S2/c1-15-8-10-3-4-12(14)13(7-10)20(17,18)16(2)11-5-6-19-9-11/h3-4,7,11,15H,5-6,8-9H2,1-2H3. The van der Waals surface area contributed by atoms with Gasteiger partial charge >= 0.3 is 0 Å². The molecule has 0 bridgehead atoms. The number of nitrogens with zero attached hydrogens (tertiary/aromatic N) is 1. The maximum Gasteiger partial charge on any atom is 0.244 e. The van der Waals surface area contributed by atoms with Crippen molar-refractivity contribution in [3.8, 4) is 0 Å². The first-order valence-electron chi connectivity index (χ1n) is 6.45. The van der Waals surface area contributed by atoms with Gasteiger partial charge in [0.15, 0.2) is 0 Å². The molecule has 0 saturated carbocycles. The normalized spacial score (nSPS) is 19.7. The van der Waals surface area contributed by atoms with Crippen LogP contribution >= 0.6 is 27.7 Å². The predicted molar refractivity (Wildman–Crippen MR) is 87.6 cm³/mol. The molecule has 0 spiro atoms. The lowest BCUT2D eigenvalue weighted by molar-refractivity contribution is 0.394. The van der Waals surface area contributed by atoms with Crippen LogP contribution in [0.1, 0.15) is 12.0 Å². The van der Waals surface area contributed by atoms with Gasteiger partial charge in [-0.2, -0.15) is 16.1 Å². The highest BCUT2D eigenvalue weighted by atomic mass is 79.9. The molecule has 1 saturated heterocycles. The predicted octanol–water partition coefficient (Wildman–Crippen LogP) is 2.29. The van der Waals surface area contributed by atoms with Gasteiger partial charge in [0, 0.05) is 29.9 Å². The maximum absolute atomic E-state index is 12.8. The Morgan fingerprint density at radius 2 is 2.25 bits per heavy atom. The van der Waals surface area contributed by atoms with E-state index < -0.39 is 10.0 Å². The second-order valence-corrected chi connectivity index (χ2v) is 8.80. The zero-order valence-electron chi connectivity index (χ0n) is 11.6. The third-order valence-electron chi connectivity index (χ3n) is 3.45. The summed E-state index contributed by atoms with van der Waals surface area (Å²) in [6, 6.07) is 5.57. The highest BCUT2D eigenvalue weighted by Crippen LogP contribution is 2.30. The summed E-state index contributed by atoms with van der Waals surface area (Å²) in [5.41, 5.74) is 0.962. The largest absolute Gasteiger partial charge is 0.316 e. The van der Waals surface area contributed by atoms with E-state index in [1.807, 2.05) is 24.9 Å². The molecule has 1 fully saturated rings. The smallest absolute Gasteiger partial charge is 0.244 e. The third kappa shape index (κ3) is 3.39. The number of hydrogen-bond donors (Lipinski definition) is 1. The minimum atomic E-state index is -3.45. The molecule has 1 unspecified atom stereocenters. The van der Waals surface area contributed by atoms with Gasteiger partial charge < -0.3 is 5.32 Å². The van der Waals surface area contributed by atoms with Crippen LogP contribution < -0.4 is 5.32 Å². The summed E-state index contributed by atoms with van der Waals surface area (Å²) in [5, 5.41) is 3.04. The molecular formula is C13H19BrN2O2S2. The van der Waals surface area contributed by atoms with Crippen LogP contribution in [-0.4, -0.2) is 44.4 Å². The third-order valence-corrected chi connectivity index (χ3v) is 7.50. The summed E-state index contributed by atoms with van der Waals surface area (Å²) in [6.07, 6.45) is 0.925. The van der Waals surface area contributed by atoms with Gasteiger partial charge in [-0.15, -0.1) is 0 Å². The van der Waals surface area contributed by atoms with E-state index >= 15 is 0 Å². The molecule has 4 nitrogen and oxygen atoms in total. The molecule has 1 aromatic carbocycles. The Morgan fingerprint density at radius 3 is 2.85 bits per heavy atom. The van der Waals surface area contributed by atoms with E-state index in [9.17, 15) is 8.42 Å². The first-order valence-corrected chi connectivity index (χ1v) is 9.84. The quantitative estimate of drug-likeness (QED) is 0.853. The number of hydrogen-bond acceptors (Lipinski definition) is 4. The lowest BCUT2D eigenvalue weighted by Gasteiger charge is -2.24. The van der Waals surface area contributed by atoms with Gasteiger partial charge in [-0.1, -0.05) is 6.07 Å². The fourth-order valence-electron chi connectivity index (χ4n) is 2.22. The summed E-state index contributed by atoms with van der Waals surface area (Å²) >= 11 is 5.17. The van der Waals surface area contributed by atoms with Crippen LogP contribution in [0, 0.1) is 0 Å². The van der Waals surface area contributed by atoms with Gasteiger partial charge in [0.25, 0.3) is 0 Å². The zero-order chi connectivity index (χ0) is 14.8. The van der Waals surface area contributed by atoms with Crippen molar-refractivity contribution >= 4 is 37.7 Å². The average molecular weight is 379 g/mol. The molecule has 1 aliphatic heterocycles. The fourth-order valence-corrected chi connectivity index (χ4v) is 5.94. The highest BCUT2D eigenvalue weighted by molar-refractivity contribution is 9.10. The van der Waals surface area contributed by atoms with Crippen LogP contribution in [-0.2, 0) is 16.6 Å². The van der Waals surface area contributed by atoms with Crippen molar-refractivity contribution in [1.29, 1.82) is 0 Å². The van der Waals surface area contributed by atoms with E-state index in [4.69, 9.17) is 0 Å². The number of halogens is 1. The van der Waals surface area contributed by atoms with E-state index in [-0.39, 0.29) is 6.04 Å². The molecule has 1 heterocycles. The summed E-state index contributed by atoms with van der Waals surface area (Å²) in [5.74, 6) is 1.91. The van der Waals surface area contributed by atoms with Crippen LogP contribution in [0.5, 0.6) is 0 Å². The summed E-state index contributed by atoms with van der Waals surface area (Å²) in [4.78, 5) is 0.352. The number of nitrogens with one attached hydrogen (secondary N) is 1. The van der Waals surface area contributed by atoms with E-state index in [1.54, 1.807) is 19.2 Å². The molecule has 20 heavy (non-hydrogen) atoms. The van der Waals surface area contributed by atoms with Crippen molar-refractivity contribution in [3.63, 3.8) is 0 Å². The summed E-state index contributed by atoms with van der Waals surface area (Å²) in [6.45, 7) is 0.652. The molecule has 2 rings (SSSR count). The topological polar surface area (TPSA) is 49.4 Å². The van der Waals surface area contributed by atoms with Crippen molar-refractivity contribution in [2.75, 3.05) is 25.6 Å². The van der Waals surface area contributed by atoms with E-state index in [1.165, 1.54) is 4.31 Å². The highest BCUT2D eigenvalue weighted by Gasteiger charge is 2.31. The van der Waals surface area contributed by atoms with Gasteiger partial charge in [-0.25, -0.2) is 8.42 Å². The molecule has 1 atom stereocenters. The van der Waals surface area contributed by atoms with Crippen molar-refractivity contribution in [1.82, 2.24) is 9.62 Å². The SMILES string of the molecule is CNCc1ccc(Br)c(S(=O)(=O)N(C)C2CCSC2)c1. The monoisotopic (exact) mass is 378 g/mol. The Labute approximate surface area is 133 Å². The summed E-state index contributed by atoms with van der Waals surface area (Å²) < 4.78 is 27.7.